The molecule has 1 aromatic rings. The van der Waals surface area contributed by atoms with Gasteiger partial charge in [0.15, 0.2) is 0 Å². The fraction of sp³-hybridized carbons (Fsp3) is 0.600. The van der Waals surface area contributed by atoms with E-state index in [9.17, 15) is 8.78 Å². The summed E-state index contributed by atoms with van der Waals surface area (Å²) in [6.45, 7) is 0.602. The van der Waals surface area contributed by atoms with Crippen molar-refractivity contribution in [2.75, 3.05) is 25.0 Å². The number of hydrogen-bond acceptors (Lipinski definition) is 4. The van der Waals surface area contributed by atoms with Crippen molar-refractivity contribution in [1.82, 2.24) is 15.3 Å². The summed E-state index contributed by atoms with van der Waals surface area (Å²) in [5, 5.41) is 5.53. The van der Waals surface area contributed by atoms with Crippen LogP contribution >= 0.6 is 0 Å². The van der Waals surface area contributed by atoms with E-state index < -0.39 is 11.8 Å². The summed E-state index contributed by atoms with van der Waals surface area (Å²) >= 11 is 0. The van der Waals surface area contributed by atoms with Gasteiger partial charge in [0.1, 0.15) is 0 Å². The zero-order valence-corrected chi connectivity index (χ0v) is 8.79. The van der Waals surface area contributed by atoms with Crippen molar-refractivity contribution >= 4 is 5.95 Å². The molecule has 0 spiro atoms. The lowest BCUT2D eigenvalue weighted by Gasteiger charge is -2.31. The van der Waals surface area contributed by atoms with Crippen molar-refractivity contribution in [3.63, 3.8) is 0 Å². The Balaban J connectivity index is 1.90. The largest absolute Gasteiger partial charge is 0.354 e. The molecular formula is C10H14F2N4. The topological polar surface area (TPSA) is 49.8 Å². The monoisotopic (exact) mass is 228 g/mol. The van der Waals surface area contributed by atoms with Gasteiger partial charge in [-0.15, -0.1) is 0 Å². The molecule has 0 amide bonds. The zero-order chi connectivity index (χ0) is 11.4. The third kappa shape index (κ3) is 2.63. The maximum atomic E-state index is 13.4. The molecule has 0 unspecified atom stereocenters. The van der Waals surface area contributed by atoms with Crippen molar-refractivity contribution in [2.45, 2.75) is 12.3 Å². The van der Waals surface area contributed by atoms with Crippen molar-refractivity contribution in [3.8, 4) is 0 Å². The molecule has 2 N–H and O–H groups in total. The molecule has 16 heavy (non-hydrogen) atoms. The predicted molar refractivity (Wildman–Crippen MR) is 56.4 cm³/mol. The number of nitrogens with one attached hydrogen (secondary N) is 2. The number of hydrogen-bond donors (Lipinski definition) is 2. The van der Waals surface area contributed by atoms with Crippen molar-refractivity contribution in [3.05, 3.63) is 18.5 Å². The van der Waals surface area contributed by atoms with Crippen LogP contribution in [-0.4, -0.2) is 35.5 Å². The SMILES string of the molecule is FC1(F)CNCC[C@H]1CNc1ncccn1. The standard InChI is InChI=1S/C10H14F2N4/c11-10(12)7-13-5-2-8(10)6-16-9-14-3-1-4-15-9/h1,3-4,8,13H,2,5-7H2,(H,14,15,16)/t8-/m0/s1. The van der Waals surface area contributed by atoms with E-state index in [0.29, 0.717) is 18.9 Å². The van der Waals surface area contributed by atoms with Crippen LogP contribution in [0.4, 0.5) is 14.7 Å². The Morgan fingerprint density at radius 1 is 1.44 bits per heavy atom. The van der Waals surface area contributed by atoms with Gasteiger partial charge in [-0.25, -0.2) is 18.7 Å². The van der Waals surface area contributed by atoms with Gasteiger partial charge in [-0.3, -0.25) is 0 Å². The summed E-state index contributed by atoms with van der Waals surface area (Å²) in [6.07, 6.45) is 3.62. The fourth-order valence-corrected chi connectivity index (χ4v) is 1.74. The van der Waals surface area contributed by atoms with E-state index in [1.807, 2.05) is 0 Å². The minimum Gasteiger partial charge on any atom is -0.354 e. The minimum absolute atomic E-state index is 0.207. The predicted octanol–water partition coefficient (Wildman–Crippen LogP) is 1.13. The molecule has 1 aliphatic rings. The quantitative estimate of drug-likeness (QED) is 0.814. The maximum Gasteiger partial charge on any atom is 0.264 e. The molecular weight excluding hydrogens is 214 g/mol. The average molecular weight is 228 g/mol. The third-order valence-electron chi connectivity index (χ3n) is 2.70. The Labute approximate surface area is 92.5 Å². The highest BCUT2D eigenvalue weighted by Gasteiger charge is 2.41. The molecule has 1 fully saturated rings. The minimum atomic E-state index is -2.65. The number of rotatable bonds is 3. The highest BCUT2D eigenvalue weighted by atomic mass is 19.3. The van der Waals surface area contributed by atoms with Gasteiger partial charge >= 0.3 is 0 Å². The first kappa shape index (κ1) is 11.2. The number of anilines is 1. The van der Waals surface area contributed by atoms with Crippen molar-refractivity contribution < 1.29 is 8.78 Å². The van der Waals surface area contributed by atoms with Crippen LogP contribution < -0.4 is 10.6 Å². The molecule has 4 nitrogen and oxygen atoms in total. The lowest BCUT2D eigenvalue weighted by Crippen LogP contribution is -2.48. The molecule has 1 aromatic heterocycles. The Morgan fingerprint density at radius 2 is 2.19 bits per heavy atom. The van der Waals surface area contributed by atoms with Crippen LogP contribution in [0.15, 0.2) is 18.5 Å². The second-order valence-corrected chi connectivity index (χ2v) is 3.88. The molecule has 0 saturated carbocycles. The molecule has 0 bridgehead atoms. The van der Waals surface area contributed by atoms with Crippen LogP contribution in [0.1, 0.15) is 6.42 Å². The summed E-state index contributed by atoms with van der Waals surface area (Å²) in [7, 11) is 0. The Kier molecular flexibility index (Phi) is 3.28. The van der Waals surface area contributed by atoms with Crippen LogP contribution in [-0.2, 0) is 0 Å². The molecule has 88 valence electrons. The fourth-order valence-electron chi connectivity index (χ4n) is 1.74. The van der Waals surface area contributed by atoms with Gasteiger partial charge in [0.05, 0.1) is 6.54 Å². The highest BCUT2D eigenvalue weighted by Crippen LogP contribution is 2.29. The van der Waals surface area contributed by atoms with Crippen molar-refractivity contribution in [1.29, 1.82) is 0 Å². The third-order valence-corrected chi connectivity index (χ3v) is 2.70. The van der Waals surface area contributed by atoms with Gasteiger partial charge in [-0.05, 0) is 19.0 Å². The number of halogens is 2. The lowest BCUT2D eigenvalue weighted by molar-refractivity contribution is -0.0678. The summed E-state index contributed by atoms with van der Waals surface area (Å²) < 4.78 is 26.9. The smallest absolute Gasteiger partial charge is 0.264 e. The first-order valence-corrected chi connectivity index (χ1v) is 5.28. The number of aromatic nitrogens is 2. The van der Waals surface area contributed by atoms with Gasteiger partial charge in [0.2, 0.25) is 5.95 Å². The van der Waals surface area contributed by atoms with E-state index in [-0.39, 0.29) is 13.1 Å². The van der Waals surface area contributed by atoms with E-state index in [0.717, 1.165) is 0 Å². The first-order valence-electron chi connectivity index (χ1n) is 5.28. The lowest BCUT2D eigenvalue weighted by atomic mass is 9.94. The van der Waals surface area contributed by atoms with E-state index in [4.69, 9.17) is 0 Å². The Morgan fingerprint density at radius 3 is 2.88 bits per heavy atom. The molecule has 6 heteroatoms. The second-order valence-electron chi connectivity index (χ2n) is 3.88. The van der Waals surface area contributed by atoms with Gasteiger partial charge in [-0.2, -0.15) is 0 Å². The molecule has 1 atom stereocenters. The summed E-state index contributed by atoms with van der Waals surface area (Å²) in [5.41, 5.74) is 0. The number of piperidine rings is 1. The van der Waals surface area contributed by atoms with E-state index in [1.165, 1.54) is 0 Å². The normalized spacial score (nSPS) is 24.0. The molecule has 1 saturated heterocycles. The Hall–Kier alpha value is -1.30. The average Bonchev–Trinajstić information content (AvgIpc) is 2.28. The van der Waals surface area contributed by atoms with E-state index in [1.54, 1.807) is 18.5 Å². The van der Waals surface area contributed by atoms with Crippen molar-refractivity contribution in [2.24, 2.45) is 5.92 Å². The van der Waals surface area contributed by atoms with Gasteiger partial charge in [-0.1, -0.05) is 0 Å². The molecule has 0 aliphatic carbocycles. The van der Waals surface area contributed by atoms with E-state index >= 15 is 0 Å². The molecule has 1 aliphatic heterocycles. The number of nitrogens with zero attached hydrogens (tertiary/aromatic N) is 2. The van der Waals surface area contributed by atoms with E-state index in [2.05, 4.69) is 20.6 Å². The highest BCUT2D eigenvalue weighted by molar-refractivity contribution is 5.22. The summed E-state index contributed by atoms with van der Waals surface area (Å²) in [6, 6.07) is 1.68. The van der Waals surface area contributed by atoms with Crippen LogP contribution in [0.2, 0.25) is 0 Å². The Bertz CT molecular complexity index is 331. The summed E-state index contributed by atoms with van der Waals surface area (Å²) in [4.78, 5) is 7.86. The maximum absolute atomic E-state index is 13.4. The van der Waals surface area contributed by atoms with Gasteiger partial charge in [0.25, 0.3) is 5.92 Å². The molecule has 2 heterocycles. The van der Waals surface area contributed by atoms with Gasteiger partial charge < -0.3 is 10.6 Å². The van der Waals surface area contributed by atoms with Gasteiger partial charge in [0, 0.05) is 24.9 Å². The summed E-state index contributed by atoms with van der Waals surface area (Å²) in [5.74, 6) is -2.91. The van der Waals surface area contributed by atoms with Crippen LogP contribution in [0, 0.1) is 5.92 Å². The second kappa shape index (κ2) is 4.69. The van der Waals surface area contributed by atoms with Crippen LogP contribution in [0.3, 0.4) is 0 Å². The first-order chi connectivity index (χ1) is 7.68. The molecule has 0 aromatic carbocycles. The zero-order valence-electron chi connectivity index (χ0n) is 8.79. The number of alkyl halides is 2. The van der Waals surface area contributed by atoms with Crippen LogP contribution in [0.5, 0.6) is 0 Å². The molecule has 2 rings (SSSR count). The van der Waals surface area contributed by atoms with Crippen LogP contribution in [0.25, 0.3) is 0 Å². The molecule has 0 radical (unpaired) electrons.